The quantitative estimate of drug-likeness (QED) is 0.245. The SMILES string of the molecule is O=C(Nc1ccc(Oc2ccnc3c([N+](=O)[O-])cccc23)cc1)c1ccc(Cl)c(C(F)(F)F)c1. The maximum atomic E-state index is 13.0. The number of nitro groups is 1. The summed E-state index contributed by atoms with van der Waals surface area (Å²) in [5.74, 6) is -0.0440. The van der Waals surface area contributed by atoms with Crippen LogP contribution in [-0.2, 0) is 6.18 Å². The second kappa shape index (κ2) is 8.99. The van der Waals surface area contributed by atoms with E-state index in [9.17, 15) is 28.1 Å². The standard InChI is InChI=1S/C23H13ClF3N3O4/c24-18-9-4-13(12-17(18)23(25,26)27)22(31)29-14-5-7-15(8-6-14)34-20-10-11-28-21-16(20)2-1-3-19(21)30(32)33/h1-12H,(H,29,31). The van der Waals surface area contributed by atoms with E-state index in [1.165, 1.54) is 48.7 Å². The molecule has 0 aliphatic carbocycles. The summed E-state index contributed by atoms with van der Waals surface area (Å²) in [7, 11) is 0. The average molecular weight is 488 g/mol. The first-order chi connectivity index (χ1) is 16.1. The number of anilines is 1. The van der Waals surface area contributed by atoms with Gasteiger partial charge in [0.15, 0.2) is 5.52 Å². The van der Waals surface area contributed by atoms with E-state index in [0.717, 1.165) is 6.07 Å². The highest BCUT2D eigenvalue weighted by Crippen LogP contribution is 2.36. The van der Waals surface area contributed by atoms with Gasteiger partial charge >= 0.3 is 6.18 Å². The fourth-order valence-electron chi connectivity index (χ4n) is 3.19. The molecule has 0 aliphatic heterocycles. The minimum absolute atomic E-state index is 0.156. The summed E-state index contributed by atoms with van der Waals surface area (Å²) in [4.78, 5) is 27.2. The number of nitrogens with one attached hydrogen (secondary N) is 1. The predicted molar refractivity (Wildman–Crippen MR) is 119 cm³/mol. The van der Waals surface area contributed by atoms with Gasteiger partial charge in [0.1, 0.15) is 11.5 Å². The Morgan fingerprint density at radius 2 is 1.79 bits per heavy atom. The molecule has 172 valence electrons. The minimum Gasteiger partial charge on any atom is -0.457 e. The molecule has 0 fully saturated rings. The first-order valence-corrected chi connectivity index (χ1v) is 9.99. The molecule has 0 aliphatic rings. The van der Waals surface area contributed by atoms with Gasteiger partial charge in [0.05, 0.1) is 15.5 Å². The number of nitro benzene ring substituents is 1. The number of carbonyl (C=O) groups excluding carboxylic acids is 1. The van der Waals surface area contributed by atoms with Gasteiger partial charge in [0.2, 0.25) is 0 Å². The van der Waals surface area contributed by atoms with Crippen LogP contribution in [0.4, 0.5) is 24.5 Å². The number of pyridine rings is 1. The molecule has 0 radical (unpaired) electrons. The lowest BCUT2D eigenvalue weighted by Crippen LogP contribution is -2.14. The van der Waals surface area contributed by atoms with Gasteiger partial charge in [-0.15, -0.1) is 0 Å². The van der Waals surface area contributed by atoms with Crippen LogP contribution in [0.5, 0.6) is 11.5 Å². The van der Waals surface area contributed by atoms with E-state index in [1.54, 1.807) is 12.1 Å². The molecular formula is C23H13ClF3N3O4. The average Bonchev–Trinajstić information content (AvgIpc) is 2.79. The topological polar surface area (TPSA) is 94.4 Å². The molecule has 1 aromatic heterocycles. The van der Waals surface area contributed by atoms with Crippen molar-refractivity contribution >= 4 is 39.8 Å². The second-order valence-electron chi connectivity index (χ2n) is 7.01. The molecule has 1 N–H and O–H groups in total. The monoisotopic (exact) mass is 487 g/mol. The number of alkyl halides is 3. The maximum Gasteiger partial charge on any atom is 0.417 e. The lowest BCUT2D eigenvalue weighted by molar-refractivity contribution is -0.383. The Hall–Kier alpha value is -4.18. The Morgan fingerprint density at radius 1 is 1.06 bits per heavy atom. The number of rotatable bonds is 5. The molecule has 0 atom stereocenters. The Bertz CT molecular complexity index is 1410. The van der Waals surface area contributed by atoms with Gasteiger partial charge in [-0.3, -0.25) is 14.9 Å². The van der Waals surface area contributed by atoms with Crippen LogP contribution in [0.3, 0.4) is 0 Å². The van der Waals surface area contributed by atoms with Crippen molar-refractivity contribution in [2.24, 2.45) is 0 Å². The van der Waals surface area contributed by atoms with Crippen LogP contribution in [0, 0.1) is 10.1 Å². The fourth-order valence-corrected chi connectivity index (χ4v) is 3.42. The Balaban J connectivity index is 1.52. The predicted octanol–water partition coefficient (Wildman–Crippen LogP) is 6.86. The lowest BCUT2D eigenvalue weighted by Gasteiger charge is -2.12. The van der Waals surface area contributed by atoms with Crippen molar-refractivity contribution in [3.05, 3.63) is 99.2 Å². The van der Waals surface area contributed by atoms with Crippen LogP contribution in [0.2, 0.25) is 5.02 Å². The molecule has 11 heteroatoms. The van der Waals surface area contributed by atoms with Crippen LogP contribution >= 0.6 is 11.6 Å². The smallest absolute Gasteiger partial charge is 0.417 e. The van der Waals surface area contributed by atoms with Crippen molar-refractivity contribution in [1.29, 1.82) is 0 Å². The van der Waals surface area contributed by atoms with Crippen LogP contribution in [0.25, 0.3) is 10.9 Å². The normalized spacial score (nSPS) is 11.3. The number of benzene rings is 3. The number of halogens is 4. The van der Waals surface area contributed by atoms with Crippen molar-refractivity contribution in [2.75, 3.05) is 5.32 Å². The molecule has 0 spiro atoms. The highest BCUT2D eigenvalue weighted by Gasteiger charge is 2.33. The molecule has 7 nitrogen and oxygen atoms in total. The number of hydrogen-bond donors (Lipinski definition) is 1. The third-order valence-corrected chi connectivity index (χ3v) is 5.11. The van der Waals surface area contributed by atoms with E-state index in [0.29, 0.717) is 28.6 Å². The van der Waals surface area contributed by atoms with Crippen LogP contribution in [0.1, 0.15) is 15.9 Å². The largest absolute Gasteiger partial charge is 0.457 e. The summed E-state index contributed by atoms with van der Waals surface area (Å²) < 4.78 is 44.9. The second-order valence-corrected chi connectivity index (χ2v) is 7.42. The Morgan fingerprint density at radius 3 is 2.47 bits per heavy atom. The minimum atomic E-state index is -4.69. The van der Waals surface area contributed by atoms with Crippen molar-refractivity contribution in [2.45, 2.75) is 6.18 Å². The molecule has 3 aromatic carbocycles. The number of aromatic nitrogens is 1. The van der Waals surface area contributed by atoms with Gasteiger partial charge in [-0.1, -0.05) is 17.7 Å². The van der Waals surface area contributed by atoms with Crippen molar-refractivity contribution in [3.63, 3.8) is 0 Å². The van der Waals surface area contributed by atoms with Crippen LogP contribution in [0.15, 0.2) is 72.9 Å². The highest BCUT2D eigenvalue weighted by molar-refractivity contribution is 6.31. The molecule has 0 saturated heterocycles. The summed E-state index contributed by atoms with van der Waals surface area (Å²) in [6.45, 7) is 0. The molecular weight excluding hydrogens is 475 g/mol. The number of carbonyl (C=O) groups is 1. The van der Waals surface area contributed by atoms with E-state index in [4.69, 9.17) is 16.3 Å². The number of para-hydroxylation sites is 1. The van der Waals surface area contributed by atoms with Gasteiger partial charge in [0, 0.05) is 28.9 Å². The number of amides is 1. The highest BCUT2D eigenvalue weighted by atomic mass is 35.5. The third kappa shape index (κ3) is 4.76. The summed E-state index contributed by atoms with van der Waals surface area (Å²) in [6.07, 6.45) is -3.30. The third-order valence-electron chi connectivity index (χ3n) is 4.78. The van der Waals surface area contributed by atoms with Gasteiger partial charge in [-0.25, -0.2) is 4.98 Å². The Kier molecular flexibility index (Phi) is 6.08. The molecule has 1 heterocycles. The first kappa shape index (κ1) is 23.0. The Labute approximate surface area is 194 Å². The van der Waals surface area contributed by atoms with Gasteiger partial charge in [-0.2, -0.15) is 13.2 Å². The van der Waals surface area contributed by atoms with Crippen LogP contribution in [-0.4, -0.2) is 15.8 Å². The molecule has 0 bridgehead atoms. The van der Waals surface area contributed by atoms with Crippen LogP contribution < -0.4 is 10.1 Å². The van der Waals surface area contributed by atoms with Crippen molar-refractivity contribution < 1.29 is 27.6 Å². The summed E-state index contributed by atoms with van der Waals surface area (Å²) in [5.41, 5.74) is -0.972. The van der Waals surface area contributed by atoms with E-state index >= 15 is 0 Å². The van der Waals surface area contributed by atoms with Crippen molar-refractivity contribution in [1.82, 2.24) is 4.98 Å². The van der Waals surface area contributed by atoms with E-state index in [-0.39, 0.29) is 16.8 Å². The van der Waals surface area contributed by atoms with E-state index in [2.05, 4.69) is 10.3 Å². The van der Waals surface area contributed by atoms with Gasteiger partial charge in [-0.05, 0) is 54.6 Å². The zero-order chi connectivity index (χ0) is 24.5. The molecule has 1 amide bonds. The molecule has 4 rings (SSSR count). The maximum absolute atomic E-state index is 13.0. The van der Waals surface area contributed by atoms with Gasteiger partial charge in [0.25, 0.3) is 11.6 Å². The summed E-state index contributed by atoms with van der Waals surface area (Å²) in [5, 5.41) is 13.7. The number of ether oxygens (including phenoxy) is 1. The zero-order valence-electron chi connectivity index (χ0n) is 17.0. The summed E-state index contributed by atoms with van der Waals surface area (Å²) in [6, 6.07) is 15.0. The molecule has 0 unspecified atom stereocenters. The number of non-ortho nitro benzene ring substituents is 1. The lowest BCUT2D eigenvalue weighted by atomic mass is 10.1. The first-order valence-electron chi connectivity index (χ1n) is 9.61. The molecule has 34 heavy (non-hydrogen) atoms. The molecule has 0 saturated carbocycles. The number of hydrogen-bond acceptors (Lipinski definition) is 5. The van der Waals surface area contributed by atoms with E-state index < -0.39 is 27.6 Å². The van der Waals surface area contributed by atoms with E-state index in [1.807, 2.05) is 0 Å². The number of nitrogens with zero attached hydrogens (tertiary/aromatic N) is 2. The summed E-state index contributed by atoms with van der Waals surface area (Å²) >= 11 is 5.59. The van der Waals surface area contributed by atoms with Crippen molar-refractivity contribution in [3.8, 4) is 11.5 Å². The fraction of sp³-hybridized carbons (Fsp3) is 0.0435. The van der Waals surface area contributed by atoms with Gasteiger partial charge < -0.3 is 10.1 Å². The zero-order valence-corrected chi connectivity index (χ0v) is 17.7. The molecule has 4 aromatic rings. The number of fused-ring (bicyclic) bond motifs is 1.